The molecule has 0 atom stereocenters. The Balaban J connectivity index is 1.52. The molecule has 28 heavy (non-hydrogen) atoms. The summed E-state index contributed by atoms with van der Waals surface area (Å²) in [6, 6.07) is 13.9. The first-order valence-electron chi connectivity index (χ1n) is 9.42. The summed E-state index contributed by atoms with van der Waals surface area (Å²) in [7, 11) is 3.78. The number of piperazine rings is 1. The molecule has 0 saturated carbocycles. The SMILES string of the molecule is CNC(=O)c1ccnc(-c2cc(-c3ccc(N4CCN(C)CC4)cc3)n[nH]2)c1. The third-order valence-corrected chi connectivity index (χ3v) is 5.13. The summed E-state index contributed by atoms with van der Waals surface area (Å²) in [6.45, 7) is 4.28. The predicted molar refractivity (Wildman–Crippen MR) is 110 cm³/mol. The lowest BCUT2D eigenvalue weighted by Crippen LogP contribution is -2.44. The molecule has 3 aromatic rings. The van der Waals surface area contributed by atoms with Gasteiger partial charge in [-0.1, -0.05) is 12.1 Å². The van der Waals surface area contributed by atoms with Gasteiger partial charge in [-0.3, -0.25) is 14.9 Å². The fourth-order valence-corrected chi connectivity index (χ4v) is 3.37. The molecular formula is C21H24N6O. The molecule has 1 aromatic carbocycles. The van der Waals surface area contributed by atoms with Crippen LogP contribution >= 0.6 is 0 Å². The molecule has 1 aliphatic heterocycles. The van der Waals surface area contributed by atoms with Crippen LogP contribution in [-0.2, 0) is 0 Å². The van der Waals surface area contributed by atoms with Gasteiger partial charge in [0.15, 0.2) is 0 Å². The van der Waals surface area contributed by atoms with Crippen LogP contribution in [0.25, 0.3) is 22.6 Å². The van der Waals surface area contributed by atoms with Gasteiger partial charge in [0, 0.05) is 56.2 Å². The number of likely N-dealkylation sites (N-methyl/N-ethyl adjacent to an activating group) is 1. The zero-order valence-electron chi connectivity index (χ0n) is 16.1. The average molecular weight is 376 g/mol. The third-order valence-electron chi connectivity index (χ3n) is 5.13. The van der Waals surface area contributed by atoms with Gasteiger partial charge >= 0.3 is 0 Å². The van der Waals surface area contributed by atoms with E-state index in [9.17, 15) is 4.79 Å². The minimum absolute atomic E-state index is 0.136. The first-order valence-corrected chi connectivity index (χ1v) is 9.42. The number of aromatic nitrogens is 3. The van der Waals surface area contributed by atoms with E-state index in [1.807, 2.05) is 6.07 Å². The Morgan fingerprint density at radius 3 is 2.50 bits per heavy atom. The van der Waals surface area contributed by atoms with Crippen molar-refractivity contribution in [1.29, 1.82) is 0 Å². The van der Waals surface area contributed by atoms with Crippen molar-refractivity contribution in [2.24, 2.45) is 0 Å². The summed E-state index contributed by atoms with van der Waals surface area (Å²) in [4.78, 5) is 20.9. The van der Waals surface area contributed by atoms with Crippen molar-refractivity contribution in [3.8, 4) is 22.6 Å². The Bertz CT molecular complexity index is 957. The van der Waals surface area contributed by atoms with Gasteiger partial charge in [-0.2, -0.15) is 5.10 Å². The second-order valence-electron chi connectivity index (χ2n) is 7.01. The number of carbonyl (C=O) groups is 1. The average Bonchev–Trinajstić information content (AvgIpc) is 3.24. The molecule has 0 radical (unpaired) electrons. The molecule has 2 N–H and O–H groups in total. The van der Waals surface area contributed by atoms with Gasteiger partial charge in [0.1, 0.15) is 0 Å². The fourth-order valence-electron chi connectivity index (χ4n) is 3.37. The molecule has 1 saturated heterocycles. The minimum Gasteiger partial charge on any atom is -0.369 e. The Labute approximate surface area is 164 Å². The quantitative estimate of drug-likeness (QED) is 0.730. The maximum atomic E-state index is 11.8. The van der Waals surface area contributed by atoms with Gasteiger partial charge in [0.05, 0.1) is 17.1 Å². The first kappa shape index (κ1) is 18.2. The largest absolute Gasteiger partial charge is 0.369 e. The van der Waals surface area contributed by atoms with Crippen molar-refractivity contribution in [1.82, 2.24) is 25.4 Å². The molecule has 0 unspecified atom stereocenters. The van der Waals surface area contributed by atoms with Gasteiger partial charge in [-0.15, -0.1) is 0 Å². The summed E-state index contributed by atoms with van der Waals surface area (Å²) in [5.74, 6) is -0.136. The lowest BCUT2D eigenvalue weighted by atomic mass is 10.1. The first-order chi connectivity index (χ1) is 13.6. The number of rotatable bonds is 4. The highest BCUT2D eigenvalue weighted by Crippen LogP contribution is 2.25. The van der Waals surface area contributed by atoms with E-state index in [0.717, 1.165) is 43.1 Å². The van der Waals surface area contributed by atoms with Crippen molar-refractivity contribution >= 4 is 11.6 Å². The Morgan fingerprint density at radius 2 is 1.79 bits per heavy atom. The highest BCUT2D eigenvalue weighted by molar-refractivity contribution is 5.94. The Kier molecular flexibility index (Phi) is 5.08. The maximum absolute atomic E-state index is 11.8. The molecule has 4 rings (SSSR count). The summed E-state index contributed by atoms with van der Waals surface area (Å²) in [5, 5.41) is 10.1. The van der Waals surface area contributed by atoms with Crippen molar-refractivity contribution in [2.45, 2.75) is 0 Å². The number of hydrogen-bond acceptors (Lipinski definition) is 5. The van der Waals surface area contributed by atoms with Crippen molar-refractivity contribution in [2.75, 3.05) is 45.2 Å². The number of benzene rings is 1. The van der Waals surface area contributed by atoms with Crippen LogP contribution in [0, 0.1) is 0 Å². The van der Waals surface area contributed by atoms with E-state index in [2.05, 4.69) is 61.6 Å². The van der Waals surface area contributed by atoms with Crippen LogP contribution in [0.3, 0.4) is 0 Å². The van der Waals surface area contributed by atoms with E-state index in [0.29, 0.717) is 11.3 Å². The zero-order valence-corrected chi connectivity index (χ0v) is 16.1. The molecule has 1 fully saturated rings. The maximum Gasteiger partial charge on any atom is 0.251 e. The van der Waals surface area contributed by atoms with Crippen LogP contribution in [0.5, 0.6) is 0 Å². The van der Waals surface area contributed by atoms with Crippen LogP contribution in [-0.4, -0.2) is 66.3 Å². The lowest BCUT2D eigenvalue weighted by molar-refractivity contribution is 0.0963. The molecule has 7 heteroatoms. The van der Waals surface area contributed by atoms with E-state index in [4.69, 9.17) is 0 Å². The summed E-state index contributed by atoms with van der Waals surface area (Å²) >= 11 is 0. The molecule has 7 nitrogen and oxygen atoms in total. The molecule has 2 aromatic heterocycles. The number of nitrogens with zero attached hydrogens (tertiary/aromatic N) is 4. The smallest absolute Gasteiger partial charge is 0.251 e. The normalized spacial score (nSPS) is 14.9. The molecule has 144 valence electrons. The Morgan fingerprint density at radius 1 is 1.04 bits per heavy atom. The van der Waals surface area contributed by atoms with Gasteiger partial charge in [-0.25, -0.2) is 0 Å². The van der Waals surface area contributed by atoms with Crippen molar-refractivity contribution in [3.63, 3.8) is 0 Å². The van der Waals surface area contributed by atoms with E-state index < -0.39 is 0 Å². The topological polar surface area (TPSA) is 77.2 Å². The summed E-state index contributed by atoms with van der Waals surface area (Å²) in [5.41, 5.74) is 5.18. The number of amides is 1. The molecule has 0 spiro atoms. The second-order valence-corrected chi connectivity index (χ2v) is 7.01. The van der Waals surface area contributed by atoms with Crippen LogP contribution in [0.2, 0.25) is 0 Å². The van der Waals surface area contributed by atoms with E-state index in [1.165, 1.54) is 5.69 Å². The number of H-pyrrole nitrogens is 1. The van der Waals surface area contributed by atoms with E-state index in [1.54, 1.807) is 25.4 Å². The van der Waals surface area contributed by atoms with Crippen molar-refractivity contribution < 1.29 is 4.79 Å². The van der Waals surface area contributed by atoms with Crippen LogP contribution in [0.1, 0.15) is 10.4 Å². The number of anilines is 1. The molecule has 0 bridgehead atoms. The van der Waals surface area contributed by atoms with Gasteiger partial charge in [0.25, 0.3) is 5.91 Å². The van der Waals surface area contributed by atoms with Crippen LogP contribution in [0.4, 0.5) is 5.69 Å². The minimum atomic E-state index is -0.136. The van der Waals surface area contributed by atoms with Crippen molar-refractivity contribution in [3.05, 3.63) is 54.2 Å². The Hall–Kier alpha value is -3.19. The number of carbonyl (C=O) groups excluding carboxylic acids is 1. The molecular weight excluding hydrogens is 352 g/mol. The molecule has 0 aliphatic carbocycles. The highest BCUT2D eigenvalue weighted by Gasteiger charge is 2.15. The fraction of sp³-hybridized carbons (Fsp3) is 0.286. The standard InChI is InChI=1S/C21H24N6O/c1-22-21(28)16-7-8-23-19(13-16)20-14-18(24-25-20)15-3-5-17(6-4-15)27-11-9-26(2)10-12-27/h3-8,13-14H,9-12H2,1-2H3,(H,22,28)(H,24,25). The highest BCUT2D eigenvalue weighted by atomic mass is 16.1. The van der Waals surface area contributed by atoms with Crippen LogP contribution in [0.15, 0.2) is 48.7 Å². The van der Waals surface area contributed by atoms with Gasteiger partial charge in [-0.05, 0) is 37.4 Å². The monoisotopic (exact) mass is 376 g/mol. The lowest BCUT2D eigenvalue weighted by Gasteiger charge is -2.34. The summed E-state index contributed by atoms with van der Waals surface area (Å²) in [6.07, 6.45) is 1.63. The zero-order chi connectivity index (χ0) is 19.5. The number of hydrogen-bond donors (Lipinski definition) is 2. The number of pyridine rings is 1. The van der Waals surface area contributed by atoms with E-state index in [-0.39, 0.29) is 5.91 Å². The molecule has 1 aliphatic rings. The second kappa shape index (κ2) is 7.82. The predicted octanol–water partition coefficient (Wildman–Crippen LogP) is 2.25. The van der Waals surface area contributed by atoms with Crippen LogP contribution < -0.4 is 10.2 Å². The number of nitrogens with one attached hydrogen (secondary N) is 2. The number of aromatic amines is 1. The van der Waals surface area contributed by atoms with Gasteiger partial charge < -0.3 is 15.1 Å². The third kappa shape index (κ3) is 3.75. The molecule has 1 amide bonds. The van der Waals surface area contributed by atoms with Gasteiger partial charge in [0.2, 0.25) is 0 Å². The van der Waals surface area contributed by atoms with E-state index >= 15 is 0 Å². The molecule has 3 heterocycles. The summed E-state index contributed by atoms with van der Waals surface area (Å²) < 4.78 is 0.